The van der Waals surface area contributed by atoms with Gasteiger partial charge in [-0.15, -0.1) is 11.3 Å². The maximum Gasteiger partial charge on any atom is 0.241 e. The van der Waals surface area contributed by atoms with E-state index in [9.17, 15) is 8.42 Å². The van der Waals surface area contributed by atoms with Gasteiger partial charge in [0, 0.05) is 12.1 Å². The van der Waals surface area contributed by atoms with Crippen molar-refractivity contribution in [1.29, 1.82) is 0 Å². The summed E-state index contributed by atoms with van der Waals surface area (Å²) in [6.45, 7) is 1.81. The Morgan fingerprint density at radius 1 is 1.29 bits per heavy atom. The fourth-order valence-corrected chi connectivity index (χ4v) is 4.66. The first-order valence-corrected chi connectivity index (χ1v) is 9.94. The van der Waals surface area contributed by atoms with E-state index in [-0.39, 0.29) is 11.4 Å². The number of nitrogens with zero attached hydrogens (tertiary/aromatic N) is 2. The van der Waals surface area contributed by atoms with Gasteiger partial charge in [0.2, 0.25) is 10.0 Å². The van der Waals surface area contributed by atoms with Crippen LogP contribution in [0.2, 0.25) is 5.02 Å². The summed E-state index contributed by atoms with van der Waals surface area (Å²) in [5, 5.41) is 6.79. The third kappa shape index (κ3) is 3.39. The van der Waals surface area contributed by atoms with Crippen molar-refractivity contribution in [3.8, 4) is 10.6 Å². The lowest BCUT2D eigenvalue weighted by molar-refractivity contribution is 0.579. The molecule has 126 valence electrons. The number of halogens is 1. The summed E-state index contributed by atoms with van der Waals surface area (Å²) >= 11 is 7.62. The zero-order chi connectivity index (χ0) is 17.3. The van der Waals surface area contributed by atoms with Crippen LogP contribution in [0.3, 0.4) is 0 Å². The maximum atomic E-state index is 12.5. The number of aromatic nitrogens is 2. The van der Waals surface area contributed by atoms with Gasteiger partial charge in [-0.2, -0.15) is 5.10 Å². The van der Waals surface area contributed by atoms with Crippen molar-refractivity contribution < 1.29 is 8.42 Å². The Morgan fingerprint density at radius 3 is 2.79 bits per heavy atom. The summed E-state index contributed by atoms with van der Waals surface area (Å²) in [5.41, 5.74) is 2.15. The highest BCUT2D eigenvalue weighted by Gasteiger charge is 2.18. The van der Waals surface area contributed by atoms with Gasteiger partial charge in [0.05, 0.1) is 27.7 Å². The molecule has 0 spiro atoms. The fourth-order valence-electron chi connectivity index (χ4n) is 2.39. The summed E-state index contributed by atoms with van der Waals surface area (Å²) in [7, 11) is -1.81. The molecule has 0 saturated heterocycles. The molecule has 0 radical (unpaired) electrons. The molecule has 1 aromatic carbocycles. The number of sulfonamides is 1. The average molecular weight is 382 g/mol. The smallest absolute Gasteiger partial charge is 0.241 e. The van der Waals surface area contributed by atoms with E-state index in [1.165, 1.54) is 0 Å². The third-order valence-corrected chi connectivity index (χ3v) is 6.50. The van der Waals surface area contributed by atoms with Crippen LogP contribution in [0, 0.1) is 6.92 Å². The van der Waals surface area contributed by atoms with Crippen molar-refractivity contribution in [3.63, 3.8) is 0 Å². The minimum atomic E-state index is -3.65. The van der Waals surface area contributed by atoms with Crippen LogP contribution in [0.25, 0.3) is 10.6 Å². The minimum Gasteiger partial charge on any atom is -0.267 e. The first-order valence-electron chi connectivity index (χ1n) is 7.20. The molecule has 0 fully saturated rings. The number of hydrogen-bond acceptors (Lipinski definition) is 4. The minimum absolute atomic E-state index is 0.119. The van der Waals surface area contributed by atoms with Gasteiger partial charge >= 0.3 is 0 Å². The first kappa shape index (κ1) is 17.2. The molecular weight excluding hydrogens is 366 g/mol. The van der Waals surface area contributed by atoms with Crippen molar-refractivity contribution in [3.05, 3.63) is 58.1 Å². The topological polar surface area (TPSA) is 64.0 Å². The van der Waals surface area contributed by atoms with E-state index in [2.05, 4.69) is 9.82 Å². The largest absolute Gasteiger partial charge is 0.267 e. The van der Waals surface area contributed by atoms with Crippen LogP contribution >= 0.6 is 22.9 Å². The molecule has 0 bridgehead atoms. The van der Waals surface area contributed by atoms with Gasteiger partial charge in [-0.05, 0) is 42.1 Å². The normalized spacial score (nSPS) is 11.8. The van der Waals surface area contributed by atoms with Crippen molar-refractivity contribution in [2.45, 2.75) is 18.4 Å². The van der Waals surface area contributed by atoms with Gasteiger partial charge in [0.25, 0.3) is 0 Å². The van der Waals surface area contributed by atoms with E-state index in [0.717, 1.165) is 10.6 Å². The Balaban J connectivity index is 1.81. The van der Waals surface area contributed by atoms with Crippen LogP contribution in [0.4, 0.5) is 0 Å². The summed E-state index contributed by atoms with van der Waals surface area (Å²) < 4.78 is 29.3. The molecule has 2 heterocycles. The average Bonchev–Trinajstić information content (AvgIpc) is 3.17. The van der Waals surface area contributed by atoms with E-state index in [1.54, 1.807) is 41.1 Å². The van der Waals surface area contributed by atoms with Crippen LogP contribution in [0.1, 0.15) is 11.3 Å². The Hall–Kier alpha value is -1.67. The number of aryl methyl sites for hydroxylation is 1. The predicted octanol–water partition coefficient (Wildman–Crippen LogP) is 3.59. The maximum absolute atomic E-state index is 12.5. The summed E-state index contributed by atoms with van der Waals surface area (Å²) in [4.78, 5) is 1.27. The highest BCUT2D eigenvalue weighted by atomic mass is 35.5. The van der Waals surface area contributed by atoms with Crippen LogP contribution in [0.5, 0.6) is 0 Å². The molecule has 5 nitrogen and oxygen atoms in total. The molecule has 2 aromatic heterocycles. The van der Waals surface area contributed by atoms with Gasteiger partial charge in [-0.3, -0.25) is 4.68 Å². The van der Waals surface area contributed by atoms with Gasteiger partial charge in [-0.25, -0.2) is 13.1 Å². The van der Waals surface area contributed by atoms with Crippen LogP contribution in [0.15, 0.2) is 46.7 Å². The Kier molecular flexibility index (Phi) is 4.78. The van der Waals surface area contributed by atoms with E-state index < -0.39 is 10.0 Å². The first-order chi connectivity index (χ1) is 11.4. The van der Waals surface area contributed by atoms with Gasteiger partial charge < -0.3 is 0 Å². The van der Waals surface area contributed by atoms with Crippen molar-refractivity contribution in [2.24, 2.45) is 7.05 Å². The fraction of sp³-hybridized carbons (Fsp3) is 0.188. The van der Waals surface area contributed by atoms with Crippen molar-refractivity contribution >= 4 is 33.0 Å². The Bertz CT molecular complexity index is 963. The molecule has 0 amide bonds. The van der Waals surface area contributed by atoms with E-state index >= 15 is 0 Å². The Labute approximate surface area is 150 Å². The van der Waals surface area contributed by atoms with Crippen molar-refractivity contribution in [1.82, 2.24) is 14.5 Å². The van der Waals surface area contributed by atoms with E-state index in [4.69, 9.17) is 11.6 Å². The zero-order valence-electron chi connectivity index (χ0n) is 13.2. The van der Waals surface area contributed by atoms with E-state index in [1.807, 2.05) is 30.6 Å². The predicted molar refractivity (Wildman–Crippen MR) is 96.7 cm³/mol. The summed E-state index contributed by atoms with van der Waals surface area (Å²) in [6, 6.07) is 10.7. The van der Waals surface area contributed by atoms with E-state index in [0.29, 0.717) is 16.3 Å². The number of benzene rings is 1. The lowest BCUT2D eigenvalue weighted by atomic mass is 10.2. The van der Waals surface area contributed by atoms with Crippen LogP contribution in [-0.2, 0) is 23.6 Å². The molecule has 0 aliphatic rings. The molecule has 0 atom stereocenters. The van der Waals surface area contributed by atoms with Gasteiger partial charge in [0.1, 0.15) is 0 Å². The highest BCUT2D eigenvalue weighted by Crippen LogP contribution is 2.25. The monoisotopic (exact) mass is 381 g/mol. The quantitative estimate of drug-likeness (QED) is 0.734. The second kappa shape index (κ2) is 6.68. The molecule has 0 aliphatic heterocycles. The van der Waals surface area contributed by atoms with Gasteiger partial charge in [0.15, 0.2) is 0 Å². The number of rotatable bonds is 5. The van der Waals surface area contributed by atoms with Crippen molar-refractivity contribution in [2.75, 3.05) is 0 Å². The highest BCUT2D eigenvalue weighted by molar-refractivity contribution is 7.89. The number of nitrogens with one attached hydrogen (secondary N) is 1. The van der Waals surface area contributed by atoms with Crippen LogP contribution in [-0.4, -0.2) is 18.2 Å². The lowest BCUT2D eigenvalue weighted by Gasteiger charge is -2.09. The molecule has 3 aromatic rings. The molecule has 0 unspecified atom stereocenters. The second-order valence-electron chi connectivity index (χ2n) is 5.31. The molecular formula is C16H16ClN3O2S2. The molecule has 1 N–H and O–H groups in total. The molecule has 8 heteroatoms. The van der Waals surface area contributed by atoms with Gasteiger partial charge in [-0.1, -0.05) is 23.7 Å². The van der Waals surface area contributed by atoms with Crippen LogP contribution < -0.4 is 4.72 Å². The summed E-state index contributed by atoms with van der Waals surface area (Å²) in [6.07, 6.45) is 0. The molecule has 0 saturated carbocycles. The second-order valence-corrected chi connectivity index (χ2v) is 8.40. The number of hydrogen-bond donors (Lipinski definition) is 1. The summed E-state index contributed by atoms with van der Waals surface area (Å²) in [5.74, 6) is 0. The third-order valence-electron chi connectivity index (χ3n) is 3.65. The lowest BCUT2D eigenvalue weighted by Crippen LogP contribution is -2.24. The standard InChI is InChI=1S/C16H16ClN3O2S2/c1-11-13(17)5-3-7-16(11)24(21,22)18-10-12-9-14(20(2)19-12)15-6-4-8-23-15/h3-9,18H,10H2,1-2H3. The Morgan fingerprint density at radius 2 is 2.08 bits per heavy atom. The zero-order valence-corrected chi connectivity index (χ0v) is 15.5. The molecule has 3 rings (SSSR count). The molecule has 24 heavy (non-hydrogen) atoms. The molecule has 0 aliphatic carbocycles. The SMILES string of the molecule is Cc1c(Cl)cccc1S(=O)(=O)NCc1cc(-c2cccs2)n(C)n1. The number of thiophene rings is 1.